The number of aromatic nitrogens is 1. The highest BCUT2D eigenvalue weighted by molar-refractivity contribution is 7.89. The van der Waals surface area contributed by atoms with Crippen molar-refractivity contribution in [1.82, 2.24) is 9.29 Å². The number of nitrogen functional groups attached to an aromatic ring is 1. The normalized spacial score (nSPS) is 18.2. The minimum Gasteiger partial charge on any atom is -0.382 e. The molecule has 0 bridgehead atoms. The summed E-state index contributed by atoms with van der Waals surface area (Å²) in [5.74, 6) is 0.118. The lowest BCUT2D eigenvalue weighted by Gasteiger charge is -2.25. The lowest BCUT2D eigenvalue weighted by Crippen LogP contribution is -2.40. The second-order valence-corrected chi connectivity index (χ2v) is 5.90. The number of hydrogen-bond acceptors (Lipinski definition) is 5. The van der Waals surface area contributed by atoms with Gasteiger partial charge in [0, 0.05) is 19.3 Å². The number of nitrogens with zero attached hydrogens (tertiary/aromatic N) is 2. The van der Waals surface area contributed by atoms with E-state index in [-0.39, 0.29) is 15.7 Å². The summed E-state index contributed by atoms with van der Waals surface area (Å²) in [6.07, 6.45) is 1.21. The van der Waals surface area contributed by atoms with Gasteiger partial charge in [0.25, 0.3) is 0 Å². The van der Waals surface area contributed by atoms with E-state index in [0.29, 0.717) is 26.3 Å². The van der Waals surface area contributed by atoms with E-state index in [1.54, 1.807) is 0 Å². The van der Waals surface area contributed by atoms with Crippen LogP contribution in [-0.4, -0.2) is 44.0 Å². The Balaban J connectivity index is 2.33. The average molecular weight is 278 g/mol. The van der Waals surface area contributed by atoms with Crippen LogP contribution >= 0.6 is 11.6 Å². The minimum atomic E-state index is -3.55. The van der Waals surface area contributed by atoms with Crippen molar-refractivity contribution >= 4 is 27.4 Å². The Labute approximate surface area is 104 Å². The molecule has 0 radical (unpaired) electrons. The van der Waals surface area contributed by atoms with E-state index in [2.05, 4.69) is 4.98 Å². The molecule has 6 nitrogen and oxygen atoms in total. The fourth-order valence-electron chi connectivity index (χ4n) is 1.51. The summed E-state index contributed by atoms with van der Waals surface area (Å²) < 4.78 is 30.8. The molecule has 0 aromatic carbocycles. The van der Waals surface area contributed by atoms with Gasteiger partial charge in [-0.2, -0.15) is 4.31 Å². The zero-order valence-electron chi connectivity index (χ0n) is 8.97. The van der Waals surface area contributed by atoms with Gasteiger partial charge in [0.2, 0.25) is 10.0 Å². The maximum Gasteiger partial charge on any atom is 0.244 e. The molecule has 2 N–H and O–H groups in total. The molecular formula is C9H12ClN3O3S. The van der Waals surface area contributed by atoms with Crippen LogP contribution in [0.4, 0.5) is 5.82 Å². The summed E-state index contributed by atoms with van der Waals surface area (Å²) in [6, 6.07) is 1.31. The number of morpholine rings is 1. The van der Waals surface area contributed by atoms with E-state index in [1.165, 1.54) is 16.6 Å². The third kappa shape index (κ3) is 2.52. The molecule has 1 aliphatic rings. The number of anilines is 1. The van der Waals surface area contributed by atoms with Gasteiger partial charge in [-0.15, -0.1) is 0 Å². The molecule has 1 aromatic rings. The zero-order valence-corrected chi connectivity index (χ0v) is 10.5. The Morgan fingerprint density at radius 2 is 2.06 bits per heavy atom. The van der Waals surface area contributed by atoms with Crippen LogP contribution in [0.15, 0.2) is 17.2 Å². The van der Waals surface area contributed by atoms with Gasteiger partial charge in [-0.3, -0.25) is 0 Å². The largest absolute Gasteiger partial charge is 0.382 e. The molecule has 1 aromatic heterocycles. The number of sulfonamides is 1. The topological polar surface area (TPSA) is 85.5 Å². The highest BCUT2D eigenvalue weighted by Crippen LogP contribution is 2.22. The maximum absolute atomic E-state index is 12.2. The molecular weight excluding hydrogens is 266 g/mol. The summed E-state index contributed by atoms with van der Waals surface area (Å²) in [6.45, 7) is 1.47. The number of hydrogen-bond donors (Lipinski definition) is 1. The van der Waals surface area contributed by atoms with Crippen molar-refractivity contribution in [3.63, 3.8) is 0 Å². The van der Waals surface area contributed by atoms with Crippen molar-refractivity contribution in [1.29, 1.82) is 0 Å². The number of rotatable bonds is 2. The molecule has 1 aliphatic heterocycles. The molecule has 8 heteroatoms. The molecule has 0 atom stereocenters. The van der Waals surface area contributed by atoms with Crippen LogP contribution in [0.1, 0.15) is 0 Å². The van der Waals surface area contributed by atoms with Gasteiger partial charge >= 0.3 is 0 Å². The number of nitrogens with two attached hydrogens (primary N) is 1. The fraction of sp³-hybridized carbons (Fsp3) is 0.444. The Morgan fingerprint density at radius 3 is 2.65 bits per heavy atom. The summed E-state index contributed by atoms with van der Waals surface area (Å²) in [5.41, 5.74) is 5.44. The van der Waals surface area contributed by atoms with Crippen LogP contribution in [0.5, 0.6) is 0 Å². The van der Waals surface area contributed by atoms with E-state index in [1.807, 2.05) is 0 Å². The lowest BCUT2D eigenvalue weighted by atomic mass is 10.5. The van der Waals surface area contributed by atoms with Crippen LogP contribution in [-0.2, 0) is 14.8 Å². The Bertz CT molecular complexity index is 514. The molecule has 1 fully saturated rings. The van der Waals surface area contributed by atoms with Crippen molar-refractivity contribution in [2.45, 2.75) is 4.90 Å². The first-order valence-corrected chi connectivity index (χ1v) is 6.82. The predicted octanol–water partition coefficient (Wildman–Crippen LogP) is 0.338. The first-order chi connectivity index (χ1) is 8.01. The molecule has 2 rings (SSSR count). The number of ether oxygens (including phenoxy) is 1. The van der Waals surface area contributed by atoms with Gasteiger partial charge in [0.1, 0.15) is 10.7 Å². The van der Waals surface area contributed by atoms with E-state index in [0.717, 1.165) is 0 Å². The van der Waals surface area contributed by atoms with Gasteiger partial charge in [0.15, 0.2) is 0 Å². The molecule has 17 heavy (non-hydrogen) atoms. The van der Waals surface area contributed by atoms with Crippen LogP contribution in [0, 0.1) is 0 Å². The lowest BCUT2D eigenvalue weighted by molar-refractivity contribution is 0.0730. The van der Waals surface area contributed by atoms with Crippen molar-refractivity contribution in [2.24, 2.45) is 0 Å². The standard InChI is InChI=1S/C9H12ClN3O3S/c10-8-5-7(6-12-9(8)11)17(14,15)13-1-3-16-4-2-13/h5-6H,1-4H2,(H2,11,12). The Morgan fingerprint density at radius 1 is 1.41 bits per heavy atom. The van der Waals surface area contributed by atoms with Crippen LogP contribution in [0.2, 0.25) is 5.02 Å². The molecule has 1 saturated heterocycles. The van der Waals surface area contributed by atoms with Gasteiger partial charge in [-0.25, -0.2) is 13.4 Å². The summed E-state index contributed by atoms with van der Waals surface area (Å²) in [7, 11) is -3.55. The van der Waals surface area contributed by atoms with Gasteiger partial charge < -0.3 is 10.5 Å². The first kappa shape index (κ1) is 12.6. The Kier molecular flexibility index (Phi) is 3.53. The second kappa shape index (κ2) is 4.77. The molecule has 0 saturated carbocycles. The number of pyridine rings is 1. The van der Waals surface area contributed by atoms with Crippen LogP contribution < -0.4 is 5.73 Å². The Hall–Kier alpha value is -0.890. The summed E-state index contributed by atoms with van der Waals surface area (Å²) in [5, 5.41) is 0.138. The molecule has 2 heterocycles. The minimum absolute atomic E-state index is 0.0543. The fourth-order valence-corrected chi connectivity index (χ4v) is 3.12. The van der Waals surface area contributed by atoms with E-state index in [4.69, 9.17) is 22.1 Å². The smallest absolute Gasteiger partial charge is 0.244 e. The molecule has 0 amide bonds. The van der Waals surface area contributed by atoms with Crippen LogP contribution in [0.25, 0.3) is 0 Å². The van der Waals surface area contributed by atoms with Gasteiger partial charge in [-0.1, -0.05) is 11.6 Å². The average Bonchev–Trinajstić information content (AvgIpc) is 2.33. The SMILES string of the molecule is Nc1ncc(S(=O)(=O)N2CCOCC2)cc1Cl. The van der Waals surface area contributed by atoms with E-state index in [9.17, 15) is 8.42 Å². The van der Waals surface area contributed by atoms with E-state index < -0.39 is 10.0 Å². The first-order valence-electron chi connectivity index (χ1n) is 5.01. The highest BCUT2D eigenvalue weighted by Gasteiger charge is 2.27. The third-order valence-corrected chi connectivity index (χ3v) is 4.62. The van der Waals surface area contributed by atoms with Crippen LogP contribution in [0.3, 0.4) is 0 Å². The van der Waals surface area contributed by atoms with Gasteiger partial charge in [-0.05, 0) is 6.07 Å². The van der Waals surface area contributed by atoms with Crippen molar-refractivity contribution < 1.29 is 13.2 Å². The monoisotopic (exact) mass is 277 g/mol. The van der Waals surface area contributed by atoms with Crippen molar-refractivity contribution in [3.8, 4) is 0 Å². The zero-order chi connectivity index (χ0) is 12.5. The predicted molar refractivity (Wildman–Crippen MR) is 63.2 cm³/mol. The highest BCUT2D eigenvalue weighted by atomic mass is 35.5. The molecule has 0 aliphatic carbocycles. The van der Waals surface area contributed by atoms with Crippen molar-refractivity contribution in [3.05, 3.63) is 17.3 Å². The summed E-state index contributed by atoms with van der Waals surface area (Å²) in [4.78, 5) is 3.80. The third-order valence-electron chi connectivity index (χ3n) is 2.45. The second-order valence-electron chi connectivity index (χ2n) is 3.55. The number of halogens is 1. The summed E-state index contributed by atoms with van der Waals surface area (Å²) >= 11 is 5.76. The molecule has 0 unspecified atom stereocenters. The quantitative estimate of drug-likeness (QED) is 0.842. The van der Waals surface area contributed by atoms with Crippen molar-refractivity contribution in [2.75, 3.05) is 32.0 Å². The molecule has 94 valence electrons. The maximum atomic E-state index is 12.2. The van der Waals surface area contributed by atoms with Gasteiger partial charge in [0.05, 0.1) is 18.2 Å². The van der Waals surface area contributed by atoms with E-state index >= 15 is 0 Å². The molecule has 0 spiro atoms.